The maximum Gasteiger partial charge on any atom is 0.335 e. The largest absolute Gasteiger partial charge is 0.478 e. The molecule has 0 saturated carbocycles. The summed E-state index contributed by atoms with van der Waals surface area (Å²) in [5, 5.41) is 16.4. The lowest BCUT2D eigenvalue weighted by atomic mass is 10.2. The number of benzene rings is 1. The predicted molar refractivity (Wildman–Crippen MR) is 54.8 cm³/mol. The highest BCUT2D eigenvalue weighted by atomic mass is 32.2. The first-order valence-corrected chi connectivity index (χ1v) is 5.51. The Morgan fingerprint density at radius 2 is 2.25 bits per heavy atom. The van der Waals surface area contributed by atoms with Crippen LogP contribution in [0, 0.1) is 17.1 Å². The highest BCUT2D eigenvalue weighted by Gasteiger charge is 2.18. The van der Waals surface area contributed by atoms with Crippen molar-refractivity contribution in [3.8, 4) is 6.07 Å². The van der Waals surface area contributed by atoms with Gasteiger partial charge in [-0.1, -0.05) is 0 Å². The predicted octanol–water partition coefficient (Wildman–Crippen LogP) is 1.54. The van der Waals surface area contributed by atoms with Crippen molar-refractivity contribution in [2.75, 3.05) is 0 Å². The molecular weight excluding hydrogens is 233 g/mol. The maximum absolute atomic E-state index is 13.3. The summed E-state index contributed by atoms with van der Waals surface area (Å²) in [4.78, 5) is 10.4. The van der Waals surface area contributed by atoms with Crippen molar-refractivity contribution >= 4 is 16.8 Å². The molecule has 0 spiro atoms. The number of carbonyl (C=O) groups is 1. The fourth-order valence-electron chi connectivity index (χ4n) is 1.03. The number of hydrogen-bond donors (Lipinski definition) is 1. The molecule has 84 valence electrons. The average molecular weight is 241 g/mol. The van der Waals surface area contributed by atoms with E-state index in [2.05, 4.69) is 0 Å². The van der Waals surface area contributed by atoms with E-state index in [0.717, 1.165) is 18.2 Å². The van der Waals surface area contributed by atoms with E-state index in [1.807, 2.05) is 0 Å². The van der Waals surface area contributed by atoms with Crippen LogP contribution in [0.4, 0.5) is 4.39 Å². The molecule has 0 aliphatic carbocycles. The molecule has 0 aliphatic rings. The van der Waals surface area contributed by atoms with Gasteiger partial charge in [-0.05, 0) is 25.1 Å². The standard InChI is InChI=1S/C10H8FNO3S/c1-6(5-12)16(15)9-4-7(10(13)14)2-3-8(9)11/h2-4,6H,1H3,(H,13,14). The second kappa shape index (κ2) is 4.86. The molecule has 1 aromatic rings. The zero-order valence-corrected chi connectivity index (χ0v) is 9.12. The van der Waals surface area contributed by atoms with Crippen molar-refractivity contribution in [3.05, 3.63) is 29.6 Å². The molecule has 0 bridgehead atoms. The van der Waals surface area contributed by atoms with E-state index in [1.54, 1.807) is 6.07 Å². The Morgan fingerprint density at radius 3 is 2.75 bits per heavy atom. The van der Waals surface area contributed by atoms with Gasteiger partial charge in [0.1, 0.15) is 11.1 Å². The molecule has 0 saturated heterocycles. The highest BCUT2D eigenvalue weighted by Crippen LogP contribution is 2.17. The lowest BCUT2D eigenvalue weighted by Gasteiger charge is -2.05. The van der Waals surface area contributed by atoms with Crippen LogP contribution in [0.3, 0.4) is 0 Å². The Balaban J connectivity index is 3.23. The number of nitriles is 1. The van der Waals surface area contributed by atoms with Gasteiger partial charge in [-0.25, -0.2) is 9.18 Å². The summed E-state index contributed by atoms with van der Waals surface area (Å²) in [6.07, 6.45) is 0. The van der Waals surface area contributed by atoms with E-state index in [-0.39, 0.29) is 10.5 Å². The van der Waals surface area contributed by atoms with Crippen molar-refractivity contribution in [3.63, 3.8) is 0 Å². The van der Waals surface area contributed by atoms with Gasteiger partial charge < -0.3 is 5.11 Å². The van der Waals surface area contributed by atoms with Crippen LogP contribution in [0.15, 0.2) is 23.1 Å². The summed E-state index contributed by atoms with van der Waals surface area (Å²) in [6.45, 7) is 1.38. The Hall–Kier alpha value is -1.74. The molecule has 0 fully saturated rings. The molecule has 0 radical (unpaired) electrons. The van der Waals surface area contributed by atoms with Gasteiger partial charge in [-0.2, -0.15) is 5.26 Å². The topological polar surface area (TPSA) is 78.2 Å². The number of nitrogens with zero attached hydrogens (tertiary/aromatic N) is 1. The minimum absolute atomic E-state index is 0.158. The summed E-state index contributed by atoms with van der Waals surface area (Å²) in [7, 11) is -1.87. The first-order valence-electron chi connectivity index (χ1n) is 4.30. The molecule has 16 heavy (non-hydrogen) atoms. The fraction of sp³-hybridized carbons (Fsp3) is 0.200. The Morgan fingerprint density at radius 1 is 1.62 bits per heavy atom. The van der Waals surface area contributed by atoms with Crippen molar-refractivity contribution in [1.29, 1.82) is 5.26 Å². The second-order valence-corrected chi connectivity index (χ2v) is 4.76. The number of carboxylic acids is 1. The molecule has 2 unspecified atom stereocenters. The molecule has 1 rings (SSSR count). The van der Waals surface area contributed by atoms with Gasteiger partial charge in [0, 0.05) is 0 Å². The molecule has 0 heterocycles. The fourth-order valence-corrected chi connectivity index (χ4v) is 2.01. The van der Waals surface area contributed by atoms with Crippen LogP contribution in [-0.4, -0.2) is 20.5 Å². The monoisotopic (exact) mass is 241 g/mol. The van der Waals surface area contributed by atoms with E-state index in [9.17, 15) is 13.4 Å². The SMILES string of the molecule is CC(C#N)S(=O)c1cc(C(=O)O)ccc1F. The van der Waals surface area contributed by atoms with E-state index < -0.39 is 27.8 Å². The lowest BCUT2D eigenvalue weighted by Crippen LogP contribution is -2.11. The molecule has 1 N–H and O–H groups in total. The van der Waals surface area contributed by atoms with Crippen LogP contribution in [-0.2, 0) is 10.8 Å². The maximum atomic E-state index is 13.3. The minimum atomic E-state index is -1.87. The van der Waals surface area contributed by atoms with Gasteiger partial charge in [0.05, 0.1) is 27.3 Å². The summed E-state index contributed by atoms with van der Waals surface area (Å²) in [5.41, 5.74) is -0.158. The minimum Gasteiger partial charge on any atom is -0.478 e. The van der Waals surface area contributed by atoms with Crippen LogP contribution in [0.25, 0.3) is 0 Å². The van der Waals surface area contributed by atoms with Gasteiger partial charge in [-0.3, -0.25) is 4.21 Å². The number of carboxylic acid groups (broad SMARTS) is 1. The summed E-state index contributed by atoms with van der Waals surface area (Å²) < 4.78 is 24.9. The number of aromatic carboxylic acids is 1. The highest BCUT2D eigenvalue weighted by molar-refractivity contribution is 7.86. The number of rotatable bonds is 3. The molecule has 0 aromatic heterocycles. The first-order chi connectivity index (χ1) is 7.47. The second-order valence-electron chi connectivity index (χ2n) is 3.02. The van der Waals surface area contributed by atoms with E-state index in [4.69, 9.17) is 10.4 Å². The van der Waals surface area contributed by atoms with Crippen LogP contribution >= 0.6 is 0 Å². The molecule has 0 amide bonds. The van der Waals surface area contributed by atoms with Crippen LogP contribution < -0.4 is 0 Å². The Bertz CT molecular complexity index is 495. The smallest absolute Gasteiger partial charge is 0.335 e. The molecule has 0 aliphatic heterocycles. The third-order valence-corrected chi connectivity index (χ3v) is 3.39. The van der Waals surface area contributed by atoms with Gasteiger partial charge in [0.2, 0.25) is 0 Å². The van der Waals surface area contributed by atoms with Gasteiger partial charge in [-0.15, -0.1) is 0 Å². The lowest BCUT2D eigenvalue weighted by molar-refractivity contribution is 0.0696. The summed E-state index contributed by atoms with van der Waals surface area (Å²) in [5.74, 6) is -2.01. The third kappa shape index (κ3) is 2.44. The van der Waals surface area contributed by atoms with Crippen LogP contribution in [0.5, 0.6) is 0 Å². The quantitative estimate of drug-likeness (QED) is 0.870. The van der Waals surface area contributed by atoms with Gasteiger partial charge in [0.25, 0.3) is 0 Å². The molecule has 4 nitrogen and oxygen atoms in total. The summed E-state index contributed by atoms with van der Waals surface area (Å²) >= 11 is 0. The molecule has 2 atom stereocenters. The number of halogens is 1. The molecule has 6 heteroatoms. The van der Waals surface area contributed by atoms with Crippen LogP contribution in [0.2, 0.25) is 0 Å². The zero-order chi connectivity index (χ0) is 12.3. The Kier molecular flexibility index (Phi) is 3.74. The van der Waals surface area contributed by atoms with Gasteiger partial charge in [0.15, 0.2) is 0 Å². The van der Waals surface area contributed by atoms with Crippen molar-refractivity contribution < 1.29 is 18.5 Å². The van der Waals surface area contributed by atoms with Crippen LogP contribution in [0.1, 0.15) is 17.3 Å². The number of hydrogen-bond acceptors (Lipinski definition) is 3. The zero-order valence-electron chi connectivity index (χ0n) is 8.31. The van der Waals surface area contributed by atoms with E-state index in [0.29, 0.717) is 0 Å². The van der Waals surface area contributed by atoms with E-state index >= 15 is 0 Å². The first kappa shape index (κ1) is 12.3. The normalized spacial score (nSPS) is 13.8. The molecule has 1 aromatic carbocycles. The van der Waals surface area contributed by atoms with Crippen molar-refractivity contribution in [2.45, 2.75) is 17.1 Å². The van der Waals surface area contributed by atoms with Crippen molar-refractivity contribution in [1.82, 2.24) is 0 Å². The van der Waals surface area contributed by atoms with Gasteiger partial charge >= 0.3 is 5.97 Å². The third-order valence-electron chi connectivity index (χ3n) is 1.90. The average Bonchev–Trinajstić information content (AvgIpc) is 2.27. The Labute approximate surface area is 93.8 Å². The van der Waals surface area contributed by atoms with E-state index in [1.165, 1.54) is 6.92 Å². The summed E-state index contributed by atoms with van der Waals surface area (Å²) in [6, 6.07) is 4.72. The van der Waals surface area contributed by atoms with Crippen molar-refractivity contribution in [2.24, 2.45) is 0 Å². The molecular formula is C10H8FNO3S.